The SMILES string of the molecule is c1ccc(-c2oc3c4cc(-c5cccc(N(c6ccc(-c7cccc8ccccc78)cc6)c6ccc(-c7cccc8ccccc78)cc6)c5)ccc4c4ccccc4c3c2-c2ccccc2)cc1. The minimum atomic E-state index is 0.880. The van der Waals surface area contributed by atoms with Gasteiger partial charge >= 0.3 is 0 Å². The molecule has 2 heteroatoms. The lowest BCUT2D eigenvalue weighted by atomic mass is 9.91. The summed E-state index contributed by atoms with van der Waals surface area (Å²) in [6.45, 7) is 0. The number of hydrogen-bond acceptors (Lipinski definition) is 2. The van der Waals surface area contributed by atoms with Gasteiger partial charge in [-0.1, -0.05) is 218 Å². The van der Waals surface area contributed by atoms with E-state index < -0.39 is 0 Å². The van der Waals surface area contributed by atoms with E-state index in [9.17, 15) is 0 Å². The lowest BCUT2D eigenvalue weighted by Gasteiger charge is -2.26. The minimum Gasteiger partial charge on any atom is -0.455 e. The van der Waals surface area contributed by atoms with Crippen LogP contribution in [0.2, 0.25) is 0 Å². The van der Waals surface area contributed by atoms with Crippen molar-refractivity contribution in [3.8, 4) is 55.8 Å². The summed E-state index contributed by atoms with van der Waals surface area (Å²) in [5, 5.41) is 10.8. The average molecular weight is 866 g/mol. The van der Waals surface area contributed by atoms with Gasteiger partial charge in [0, 0.05) is 39.0 Å². The zero-order valence-corrected chi connectivity index (χ0v) is 37.2. The topological polar surface area (TPSA) is 16.4 Å². The van der Waals surface area contributed by atoms with Gasteiger partial charge in [0.1, 0.15) is 11.3 Å². The molecule has 13 aromatic rings. The maximum absolute atomic E-state index is 7.15. The van der Waals surface area contributed by atoms with Gasteiger partial charge in [-0.25, -0.2) is 0 Å². The maximum atomic E-state index is 7.15. The van der Waals surface area contributed by atoms with Crippen molar-refractivity contribution < 1.29 is 4.42 Å². The molecule has 12 aromatic carbocycles. The number of rotatable bonds is 8. The zero-order valence-electron chi connectivity index (χ0n) is 37.2. The summed E-state index contributed by atoms with van der Waals surface area (Å²) < 4.78 is 7.15. The van der Waals surface area contributed by atoms with Crippen LogP contribution < -0.4 is 4.90 Å². The van der Waals surface area contributed by atoms with Gasteiger partial charge in [-0.05, 0) is 119 Å². The second-order valence-corrected chi connectivity index (χ2v) is 17.6. The minimum absolute atomic E-state index is 0.880. The molecule has 0 N–H and O–H groups in total. The molecular formula is C66H43NO. The first kappa shape index (κ1) is 39.4. The molecule has 0 fully saturated rings. The van der Waals surface area contributed by atoms with Crippen LogP contribution in [0.5, 0.6) is 0 Å². The molecule has 0 saturated carbocycles. The van der Waals surface area contributed by atoms with E-state index in [1.54, 1.807) is 0 Å². The fraction of sp³-hybridized carbons (Fsp3) is 0. The lowest BCUT2D eigenvalue weighted by molar-refractivity contribution is 0.636. The Morgan fingerprint density at radius 3 is 1.34 bits per heavy atom. The largest absolute Gasteiger partial charge is 0.455 e. The molecule has 0 aliphatic heterocycles. The Balaban J connectivity index is 0.968. The van der Waals surface area contributed by atoms with Crippen molar-refractivity contribution in [1.82, 2.24) is 0 Å². The van der Waals surface area contributed by atoms with Crippen LogP contribution in [-0.4, -0.2) is 0 Å². The summed E-state index contributed by atoms with van der Waals surface area (Å²) in [6, 6.07) is 94.2. The smallest absolute Gasteiger partial charge is 0.143 e. The van der Waals surface area contributed by atoms with E-state index in [0.29, 0.717) is 0 Å². The first-order chi connectivity index (χ1) is 33.7. The molecule has 0 saturated heterocycles. The van der Waals surface area contributed by atoms with Crippen molar-refractivity contribution in [2.75, 3.05) is 4.90 Å². The van der Waals surface area contributed by atoms with Crippen LogP contribution >= 0.6 is 0 Å². The van der Waals surface area contributed by atoms with Crippen LogP contribution in [0.1, 0.15) is 0 Å². The van der Waals surface area contributed by atoms with Gasteiger partial charge in [-0.15, -0.1) is 0 Å². The Bertz CT molecular complexity index is 3870. The van der Waals surface area contributed by atoms with Crippen LogP contribution in [0.25, 0.3) is 110 Å². The Morgan fingerprint density at radius 1 is 0.265 bits per heavy atom. The highest BCUT2D eigenvalue weighted by Gasteiger charge is 2.23. The molecule has 1 aromatic heterocycles. The molecule has 0 spiro atoms. The molecule has 0 aliphatic rings. The quantitative estimate of drug-likeness (QED) is 0.142. The Morgan fingerprint density at radius 2 is 0.721 bits per heavy atom. The average Bonchev–Trinajstić information content (AvgIpc) is 3.83. The van der Waals surface area contributed by atoms with Crippen molar-refractivity contribution in [3.63, 3.8) is 0 Å². The highest BCUT2D eigenvalue weighted by Crippen LogP contribution is 2.48. The number of furan rings is 1. The van der Waals surface area contributed by atoms with E-state index in [4.69, 9.17) is 4.42 Å². The second-order valence-electron chi connectivity index (χ2n) is 17.6. The van der Waals surface area contributed by atoms with Crippen molar-refractivity contribution in [2.24, 2.45) is 0 Å². The van der Waals surface area contributed by atoms with E-state index in [-0.39, 0.29) is 0 Å². The fourth-order valence-corrected chi connectivity index (χ4v) is 10.4. The molecule has 0 atom stereocenters. The molecule has 68 heavy (non-hydrogen) atoms. The highest BCUT2D eigenvalue weighted by atomic mass is 16.3. The molecular weight excluding hydrogens is 823 g/mol. The summed E-state index contributed by atoms with van der Waals surface area (Å²) in [7, 11) is 0. The summed E-state index contributed by atoms with van der Waals surface area (Å²) in [5.74, 6) is 0.880. The molecule has 0 radical (unpaired) electrons. The van der Waals surface area contributed by atoms with Crippen LogP contribution in [0.4, 0.5) is 17.1 Å². The predicted octanol–water partition coefficient (Wildman–Crippen LogP) is 18.9. The highest BCUT2D eigenvalue weighted by molar-refractivity contribution is 6.29. The zero-order chi connectivity index (χ0) is 45.0. The summed E-state index contributed by atoms with van der Waals surface area (Å²) in [6.07, 6.45) is 0. The molecule has 2 nitrogen and oxygen atoms in total. The van der Waals surface area contributed by atoms with Gasteiger partial charge < -0.3 is 9.32 Å². The molecule has 13 rings (SSSR count). The maximum Gasteiger partial charge on any atom is 0.143 e. The summed E-state index contributed by atoms with van der Waals surface area (Å²) in [4.78, 5) is 2.38. The summed E-state index contributed by atoms with van der Waals surface area (Å²) in [5.41, 5.74) is 14.5. The van der Waals surface area contributed by atoms with E-state index >= 15 is 0 Å². The van der Waals surface area contributed by atoms with Gasteiger partial charge in [-0.3, -0.25) is 0 Å². The van der Waals surface area contributed by atoms with Crippen LogP contribution in [0.3, 0.4) is 0 Å². The monoisotopic (exact) mass is 865 g/mol. The van der Waals surface area contributed by atoms with Crippen LogP contribution in [0, 0.1) is 0 Å². The van der Waals surface area contributed by atoms with E-state index in [2.05, 4.69) is 266 Å². The lowest BCUT2D eigenvalue weighted by Crippen LogP contribution is -2.10. The van der Waals surface area contributed by atoms with Gasteiger partial charge in [0.05, 0.1) is 0 Å². The Hall–Kier alpha value is -8.98. The second kappa shape index (κ2) is 16.5. The van der Waals surface area contributed by atoms with E-state index in [1.807, 2.05) is 0 Å². The number of nitrogens with zero attached hydrogens (tertiary/aromatic N) is 1. The number of benzene rings is 12. The van der Waals surface area contributed by atoms with Crippen molar-refractivity contribution in [2.45, 2.75) is 0 Å². The third kappa shape index (κ3) is 6.73. The molecule has 0 unspecified atom stereocenters. The first-order valence-corrected chi connectivity index (χ1v) is 23.3. The molecule has 0 bridgehead atoms. The number of hydrogen-bond donors (Lipinski definition) is 0. The van der Waals surface area contributed by atoms with Crippen molar-refractivity contribution in [3.05, 3.63) is 261 Å². The van der Waals surface area contributed by atoms with Crippen LogP contribution in [-0.2, 0) is 0 Å². The normalized spacial score (nSPS) is 11.5. The first-order valence-electron chi connectivity index (χ1n) is 23.3. The van der Waals surface area contributed by atoms with Crippen LogP contribution in [0.15, 0.2) is 265 Å². The third-order valence-electron chi connectivity index (χ3n) is 13.6. The molecule has 0 aliphatic carbocycles. The fourth-order valence-electron chi connectivity index (χ4n) is 10.4. The predicted molar refractivity (Wildman–Crippen MR) is 288 cm³/mol. The summed E-state index contributed by atoms with van der Waals surface area (Å²) >= 11 is 0. The van der Waals surface area contributed by atoms with Gasteiger partial charge in [-0.2, -0.15) is 0 Å². The molecule has 1 heterocycles. The number of fused-ring (bicyclic) bond motifs is 8. The standard InChI is InChI=1S/C66H43NO/c1-3-18-48(19-4-1)63-64-61-29-12-11-28-59(61)60-41-36-51(43-62(60)66(64)68-65(63)49-20-5-2-6-21-49)50-24-13-25-54(42-50)67(52-37-32-46(33-38-52)57-30-14-22-44-16-7-9-26-55(44)57)53-39-34-47(35-40-53)58-31-15-23-45-17-8-10-27-56(45)58/h1-43H. The van der Waals surface area contributed by atoms with Gasteiger partial charge in [0.25, 0.3) is 0 Å². The number of anilines is 3. The Labute approximate surface area is 395 Å². The van der Waals surface area contributed by atoms with Gasteiger partial charge in [0.2, 0.25) is 0 Å². The van der Waals surface area contributed by atoms with Crippen molar-refractivity contribution >= 4 is 71.1 Å². The molecule has 0 amide bonds. The Kier molecular flexibility index (Phi) is 9.54. The van der Waals surface area contributed by atoms with Gasteiger partial charge in [0.15, 0.2) is 0 Å². The third-order valence-corrected chi connectivity index (χ3v) is 13.6. The van der Waals surface area contributed by atoms with E-state index in [1.165, 1.54) is 60.0 Å². The van der Waals surface area contributed by atoms with E-state index in [0.717, 1.165) is 67.0 Å². The van der Waals surface area contributed by atoms with Crippen molar-refractivity contribution in [1.29, 1.82) is 0 Å². The molecule has 318 valence electrons.